The minimum atomic E-state index is -2.21. The summed E-state index contributed by atoms with van der Waals surface area (Å²) in [6.45, 7) is 2.58. The van der Waals surface area contributed by atoms with Gasteiger partial charge in [0.25, 0.3) is 0 Å². The Balaban J connectivity index is 1.15. The van der Waals surface area contributed by atoms with Crippen molar-refractivity contribution in [1.82, 2.24) is 77.3 Å². The average Bonchev–Trinajstić information content (AvgIpc) is 1.68. The summed E-state index contributed by atoms with van der Waals surface area (Å²) in [5.41, 5.74) is 12.5. The van der Waals surface area contributed by atoms with Crippen molar-refractivity contribution in [2.75, 3.05) is 52.3 Å². The minimum Gasteiger partial charge on any atom is -0.508 e. The van der Waals surface area contributed by atoms with Gasteiger partial charge in [-0.3, -0.25) is 86.3 Å². The molecule has 44 heteroatoms. The number of carboxylic acid groups (broad SMARTS) is 2. The van der Waals surface area contributed by atoms with Gasteiger partial charge in [-0.05, 0) is 76.9 Å². The number of nitrogens with zero attached hydrogens (tertiary/aromatic N) is 5. The quantitative estimate of drug-likeness (QED) is 0.0307. The third-order valence-corrected chi connectivity index (χ3v) is 24.5. The Morgan fingerprint density at radius 2 is 0.978 bits per heavy atom. The van der Waals surface area contributed by atoms with Crippen molar-refractivity contribution in [2.24, 2.45) is 17.4 Å². The van der Waals surface area contributed by atoms with E-state index in [0.717, 1.165) is 31.5 Å². The van der Waals surface area contributed by atoms with Gasteiger partial charge >= 0.3 is 11.9 Å². The van der Waals surface area contributed by atoms with E-state index >= 15 is 51.9 Å². The summed E-state index contributed by atoms with van der Waals surface area (Å²) in [6, 6.07) is 4.98. The first-order chi connectivity index (χ1) is 64.0. The number of H-pyrrole nitrogens is 1. The molecular weight excluding hydrogens is 1790 g/mol. The fourth-order valence-corrected chi connectivity index (χ4v) is 17.0. The molecule has 19 N–H and O–H groups in total. The molecule has 0 unspecified atom stereocenters. The monoisotopic (exact) mass is 1900 g/mol. The Kier molecular flexibility index (Phi) is 37.7. The van der Waals surface area contributed by atoms with Crippen LogP contribution in [0.4, 0.5) is 13.2 Å². The fourth-order valence-electron chi connectivity index (χ4n) is 16.2. The van der Waals surface area contributed by atoms with E-state index in [1.54, 1.807) is 91.9 Å². The summed E-state index contributed by atoms with van der Waals surface area (Å²) in [7, 11) is 3.49. The van der Waals surface area contributed by atoms with Crippen LogP contribution in [0.1, 0.15) is 106 Å². The van der Waals surface area contributed by atoms with Crippen LogP contribution in [0.25, 0.3) is 10.9 Å². The number of aromatic hydroxyl groups is 1. The lowest BCUT2D eigenvalue weighted by Gasteiger charge is -2.38. The smallest absolute Gasteiger partial charge is 0.305 e. The molecule has 135 heavy (non-hydrogen) atoms. The van der Waals surface area contributed by atoms with Gasteiger partial charge in [0.15, 0.2) is 17.5 Å². The summed E-state index contributed by atoms with van der Waals surface area (Å²) in [4.78, 5) is 270. The average molecular weight is 1900 g/mol. The van der Waals surface area contributed by atoms with Crippen LogP contribution in [0, 0.1) is 23.4 Å². The molecule has 726 valence electrons. The lowest BCUT2D eigenvalue weighted by molar-refractivity contribution is -0.152. The number of likely N-dealkylation sites (N-methyl/N-ethyl adjacent to an activating group) is 3. The number of carbonyl (C=O) groups is 18. The number of phenols is 1. The number of aliphatic carboxylic acids is 2. The van der Waals surface area contributed by atoms with E-state index in [4.69, 9.17) is 11.5 Å². The molecule has 0 bridgehead atoms. The Labute approximate surface area is 777 Å². The van der Waals surface area contributed by atoms with Crippen LogP contribution in [-0.4, -0.2) is 305 Å². The Hall–Kier alpha value is -14.0. The number of phenolic OH excluding ortho intramolecular Hbond substituents is 1. The topological polar surface area (TPSA) is 601 Å². The van der Waals surface area contributed by atoms with Crippen molar-refractivity contribution in [1.29, 1.82) is 0 Å². The molecule has 3 fully saturated rings. The second kappa shape index (κ2) is 48.6. The molecule has 16 amide bonds. The predicted molar refractivity (Wildman–Crippen MR) is 478 cm³/mol. The number of unbranched alkanes of at least 4 members (excludes halogenated alkanes) is 1. The first-order valence-corrected chi connectivity index (χ1v) is 44.8. The van der Waals surface area contributed by atoms with Crippen LogP contribution in [-0.2, 0) is 118 Å². The number of nitrogens with two attached hydrogens (primary N) is 2. The molecule has 4 heterocycles. The fraction of sp³-hybridized carbons (Fsp3) is 0.451. The number of nitrogens with one attached hydrogen (secondary N) is 10. The number of fused-ring (bicyclic) bond motifs is 3. The Morgan fingerprint density at radius 1 is 0.496 bits per heavy atom. The van der Waals surface area contributed by atoms with Gasteiger partial charge in [-0.15, -0.1) is 11.8 Å². The van der Waals surface area contributed by atoms with E-state index in [-0.39, 0.29) is 37.0 Å². The Bertz CT molecular complexity index is 5330. The number of aliphatic hydroxyl groups excluding tert-OH is 2. The number of benzene rings is 5. The number of aliphatic hydroxyl groups is 2. The van der Waals surface area contributed by atoms with E-state index < -0.39 is 315 Å². The number of hydrogen-bond acceptors (Lipinski definition) is 22. The number of para-hydroxylation sites is 1. The predicted octanol–water partition coefficient (Wildman–Crippen LogP) is -1.50. The second-order valence-electron chi connectivity index (χ2n) is 33.8. The molecule has 0 radical (unpaired) electrons. The number of amides is 16. The number of halogens is 3. The third-order valence-electron chi connectivity index (χ3n) is 23.4. The maximum Gasteiger partial charge on any atom is 0.305 e. The van der Waals surface area contributed by atoms with Crippen molar-refractivity contribution < 1.29 is 125 Å². The zero-order chi connectivity index (χ0) is 98.9. The van der Waals surface area contributed by atoms with Gasteiger partial charge < -0.3 is 114 Å². The molecule has 1 aromatic heterocycles. The second-order valence-corrected chi connectivity index (χ2v) is 34.9. The zero-order valence-electron chi connectivity index (χ0n) is 74.8. The normalized spacial score (nSPS) is 24.4. The highest BCUT2D eigenvalue weighted by Gasteiger charge is 2.48. The maximum atomic E-state index is 15.7. The lowest BCUT2D eigenvalue weighted by atomic mass is 9.98. The molecular formula is C91H112F3N17O23S. The molecule has 3 saturated heterocycles. The van der Waals surface area contributed by atoms with Gasteiger partial charge in [0.05, 0.1) is 37.3 Å². The highest BCUT2D eigenvalue weighted by atomic mass is 32.2. The number of aromatic amines is 1. The van der Waals surface area contributed by atoms with Gasteiger partial charge in [0.2, 0.25) is 94.5 Å². The van der Waals surface area contributed by atoms with Crippen LogP contribution in [0.3, 0.4) is 0 Å². The number of hydrogen-bond donors (Lipinski definition) is 17. The van der Waals surface area contributed by atoms with Crippen LogP contribution in [0.15, 0.2) is 128 Å². The SMILES string of the molecule is CCCC[C@H]1C(=O)N2C[C@H](O)C[C@@H]2C(=O)N[C@@H](CC(=O)O)C(=O)N[C@@H](C(C)C)C(=O)N(C)[C@H](Cc2ccccc2)C(=O)N[C@@H](CCC(N)=O)C(=O)N2C[C@H](O)C[C@@H]2C(=O)N[C@@H](Cc2c[nH]c3ccccc23)C(=O)N[C@@H](Cc2ccc(O)cc2)C(=O)N[C@H](CC(=O)O)C(=O)N[C@H](C(=O)NCC(N)=O)CSCC(=O)N[C@H](Cc2cc(F)c(F)c(F)c2)C(=O)N(C)[C@@H](Cc2ccccc2)C(=O)N1C. The van der Waals surface area contributed by atoms with Crippen LogP contribution in [0.2, 0.25) is 0 Å². The Morgan fingerprint density at radius 3 is 1.53 bits per heavy atom. The lowest BCUT2D eigenvalue weighted by Crippen LogP contribution is -2.62. The van der Waals surface area contributed by atoms with Gasteiger partial charge in [-0.25, -0.2) is 13.2 Å². The summed E-state index contributed by atoms with van der Waals surface area (Å²) in [6.07, 6.45) is -8.38. The van der Waals surface area contributed by atoms with Crippen molar-refractivity contribution >= 4 is 129 Å². The number of carbonyl (C=O) groups excluding carboxylic acids is 16. The molecule has 5 aromatic carbocycles. The van der Waals surface area contributed by atoms with Crippen LogP contribution in [0.5, 0.6) is 5.75 Å². The molecule has 0 aliphatic carbocycles. The van der Waals surface area contributed by atoms with Crippen molar-refractivity contribution in [3.05, 3.63) is 173 Å². The minimum absolute atomic E-state index is 0.169. The highest BCUT2D eigenvalue weighted by molar-refractivity contribution is 8.00. The summed E-state index contributed by atoms with van der Waals surface area (Å²) < 4.78 is 45.0. The number of primary amides is 2. The largest absolute Gasteiger partial charge is 0.508 e. The summed E-state index contributed by atoms with van der Waals surface area (Å²) in [5.74, 6) is -29.8. The van der Waals surface area contributed by atoms with Crippen molar-refractivity contribution in [3.63, 3.8) is 0 Å². The van der Waals surface area contributed by atoms with Gasteiger partial charge in [0, 0.05) is 108 Å². The number of aromatic nitrogens is 1. The van der Waals surface area contributed by atoms with E-state index in [1.807, 2.05) is 0 Å². The highest BCUT2D eigenvalue weighted by Crippen LogP contribution is 2.29. The first-order valence-electron chi connectivity index (χ1n) is 43.6. The van der Waals surface area contributed by atoms with Crippen molar-refractivity contribution in [2.45, 2.75) is 201 Å². The van der Waals surface area contributed by atoms with Crippen LogP contribution >= 0.6 is 11.8 Å². The van der Waals surface area contributed by atoms with E-state index in [9.17, 15) is 73.1 Å². The van der Waals surface area contributed by atoms with E-state index in [2.05, 4.69) is 52.8 Å². The summed E-state index contributed by atoms with van der Waals surface area (Å²) >= 11 is 0.527. The summed E-state index contributed by atoms with van der Waals surface area (Å²) in [5, 5.41) is 76.4. The van der Waals surface area contributed by atoms with Crippen molar-refractivity contribution in [3.8, 4) is 5.75 Å². The molecule has 3 aliphatic rings. The third kappa shape index (κ3) is 29.0. The van der Waals surface area contributed by atoms with E-state index in [1.165, 1.54) is 58.4 Å². The zero-order valence-corrected chi connectivity index (χ0v) is 75.6. The molecule has 3 aliphatic heterocycles. The number of thioether (sulfide) groups is 1. The van der Waals surface area contributed by atoms with E-state index in [0.29, 0.717) is 57.9 Å². The molecule has 0 spiro atoms. The van der Waals surface area contributed by atoms with Crippen LogP contribution < -0.4 is 59.3 Å². The number of rotatable bonds is 24. The number of carboxylic acids is 2. The van der Waals surface area contributed by atoms with Gasteiger partial charge in [0.1, 0.15) is 84.3 Å². The van der Waals surface area contributed by atoms with Gasteiger partial charge in [-0.1, -0.05) is 125 Å². The maximum absolute atomic E-state index is 15.7. The standard InChI is InChI=1S/C91H112F3N17O23S/c1-7-8-23-67-90(133)111-44-55(114)38-70(111)86(129)104-64(40-76(120)121)83(126)106-78(47(2)3)91(134)108(5)68(34-48-17-11-9-12-18-48)84(127)100-60(28-29-72(95)115)88(131)110-43-54(113)37-69(110)85(128)103-62(36-52-41-97-59-22-16-15-21-56(52)59)81(124)101-61(32-50-24-26-53(112)27-25-50)80(123)102-63(39-75(118)119)82(125)105-66(79(122)98-42-73(96)116)45-135-46-74(117)99-65(33-51-30-57(92)77(94)58(93)31-51)87(130)109(6)71(89(132)107(67)4)35-49-19-13-10-14-20-49/h9-22,24-27,30-31,41,47,54-55,60-71,78,97,112-114H,7-8,23,28-29,32-40,42-46H2,1-6H3,(H2,95,115)(H2,96,116)(H,98,122)(H,99,117)(H,100,127)(H,101,124)(H,102,123)(H,103,128)(H,104,129)(H,105,125)(H,106,126)(H,118,119)(H,120,121)/t54-,55-,60+,61+,62+,63-,64+,65-,66+,67+,68-,69-,70-,71+,78+/m1/s1. The molecule has 15 atom stereocenters. The molecule has 9 rings (SSSR count). The molecule has 40 nitrogen and oxygen atoms in total. The first kappa shape index (κ1) is 105. The molecule has 6 aromatic rings. The van der Waals surface area contributed by atoms with Gasteiger partial charge in [-0.2, -0.15) is 0 Å². The molecule has 0 saturated carbocycles.